The molecule has 0 unspecified atom stereocenters. The van der Waals surface area contributed by atoms with Crippen LogP contribution in [-0.2, 0) is 11.5 Å². The smallest absolute Gasteiger partial charge is 0.422 e. The molecule has 2 aromatic rings. The maximum atomic E-state index is 12.1. The first-order valence-corrected chi connectivity index (χ1v) is 6.50. The van der Waals surface area contributed by atoms with E-state index in [9.17, 15) is 18.0 Å². The number of halogens is 3. The van der Waals surface area contributed by atoms with Gasteiger partial charge in [0.15, 0.2) is 6.61 Å². The normalized spacial score (nSPS) is 11.3. The highest BCUT2D eigenvalue weighted by atomic mass is 19.4. The quantitative estimate of drug-likeness (QED) is 0.885. The zero-order valence-electron chi connectivity index (χ0n) is 12.1. The van der Waals surface area contributed by atoms with Crippen molar-refractivity contribution >= 4 is 11.6 Å². The number of nitrogens with zero attached hydrogens (tertiary/aromatic N) is 2. The molecule has 1 aromatic carbocycles. The van der Waals surface area contributed by atoms with E-state index in [4.69, 9.17) is 4.74 Å². The van der Waals surface area contributed by atoms with Gasteiger partial charge in [-0.05, 0) is 18.2 Å². The van der Waals surface area contributed by atoms with Crippen molar-refractivity contribution in [3.05, 3.63) is 42.2 Å². The van der Waals surface area contributed by atoms with E-state index < -0.39 is 18.7 Å². The third-order valence-corrected chi connectivity index (χ3v) is 2.65. The van der Waals surface area contributed by atoms with Gasteiger partial charge >= 0.3 is 6.18 Å². The van der Waals surface area contributed by atoms with Gasteiger partial charge in [-0.25, -0.2) is 4.68 Å². The Morgan fingerprint density at radius 3 is 2.87 bits per heavy atom. The molecule has 1 N–H and O–H groups in total. The van der Waals surface area contributed by atoms with Gasteiger partial charge in [0.05, 0.1) is 18.1 Å². The number of benzene rings is 1. The van der Waals surface area contributed by atoms with Crippen molar-refractivity contribution in [3.8, 4) is 5.75 Å². The molecule has 0 atom stereocenters. The fourth-order valence-electron chi connectivity index (χ4n) is 1.73. The minimum absolute atomic E-state index is 0.0370. The van der Waals surface area contributed by atoms with Crippen LogP contribution in [0.4, 0.5) is 18.9 Å². The Balaban J connectivity index is 2.01. The van der Waals surface area contributed by atoms with Crippen molar-refractivity contribution in [2.75, 3.05) is 19.0 Å². The van der Waals surface area contributed by atoms with Gasteiger partial charge in [-0.1, -0.05) is 6.07 Å². The fourth-order valence-corrected chi connectivity index (χ4v) is 1.73. The van der Waals surface area contributed by atoms with E-state index in [-0.39, 0.29) is 18.0 Å². The number of hydrogen-bond acceptors (Lipinski definition) is 4. The average molecular weight is 329 g/mol. The number of carbonyl (C=O) groups excluding carboxylic acids is 1. The SMILES string of the molecule is COCn1cc(NC(=O)c2cccc(OCC(F)(F)F)c2)cn1. The summed E-state index contributed by atoms with van der Waals surface area (Å²) in [7, 11) is 1.51. The number of rotatable bonds is 6. The summed E-state index contributed by atoms with van der Waals surface area (Å²) in [5.41, 5.74) is 0.609. The summed E-state index contributed by atoms with van der Waals surface area (Å²) < 4.78 is 47.3. The Hall–Kier alpha value is -2.55. The lowest BCUT2D eigenvalue weighted by Crippen LogP contribution is -2.19. The van der Waals surface area contributed by atoms with Crippen LogP contribution in [0, 0.1) is 0 Å². The second-order valence-corrected chi connectivity index (χ2v) is 4.57. The molecule has 0 saturated heterocycles. The van der Waals surface area contributed by atoms with Gasteiger partial charge in [-0.15, -0.1) is 0 Å². The summed E-state index contributed by atoms with van der Waals surface area (Å²) in [6.07, 6.45) is -1.44. The second-order valence-electron chi connectivity index (χ2n) is 4.57. The maximum Gasteiger partial charge on any atom is 0.422 e. The van der Waals surface area contributed by atoms with Gasteiger partial charge < -0.3 is 14.8 Å². The molecular formula is C14H14F3N3O3. The zero-order chi connectivity index (χ0) is 16.9. The van der Waals surface area contributed by atoms with E-state index in [0.29, 0.717) is 5.69 Å². The molecule has 2 rings (SSSR count). The second kappa shape index (κ2) is 7.14. The zero-order valence-corrected chi connectivity index (χ0v) is 12.1. The first-order chi connectivity index (χ1) is 10.9. The Morgan fingerprint density at radius 2 is 2.17 bits per heavy atom. The van der Waals surface area contributed by atoms with Gasteiger partial charge in [-0.3, -0.25) is 4.79 Å². The van der Waals surface area contributed by atoms with Gasteiger partial charge in [0.25, 0.3) is 5.91 Å². The van der Waals surface area contributed by atoms with Crippen molar-refractivity contribution in [1.29, 1.82) is 0 Å². The summed E-state index contributed by atoms with van der Waals surface area (Å²) in [6, 6.07) is 5.49. The van der Waals surface area contributed by atoms with E-state index in [1.54, 1.807) is 6.20 Å². The maximum absolute atomic E-state index is 12.1. The van der Waals surface area contributed by atoms with E-state index in [2.05, 4.69) is 15.2 Å². The van der Waals surface area contributed by atoms with Crippen LogP contribution in [0.5, 0.6) is 5.75 Å². The first-order valence-electron chi connectivity index (χ1n) is 6.50. The van der Waals surface area contributed by atoms with Crippen molar-refractivity contribution in [3.63, 3.8) is 0 Å². The predicted molar refractivity (Wildman–Crippen MR) is 75.2 cm³/mol. The lowest BCUT2D eigenvalue weighted by molar-refractivity contribution is -0.153. The van der Waals surface area contributed by atoms with E-state index in [0.717, 1.165) is 0 Å². The molecule has 0 aliphatic carbocycles. The number of nitrogens with one attached hydrogen (secondary N) is 1. The molecule has 1 heterocycles. The number of amides is 1. The Bertz CT molecular complexity index is 671. The van der Waals surface area contributed by atoms with E-state index in [1.165, 1.54) is 42.3 Å². The molecule has 0 saturated carbocycles. The van der Waals surface area contributed by atoms with Crippen LogP contribution in [0.15, 0.2) is 36.7 Å². The Kier molecular flexibility index (Phi) is 5.22. The highest BCUT2D eigenvalue weighted by Crippen LogP contribution is 2.20. The Morgan fingerprint density at radius 1 is 1.39 bits per heavy atom. The first kappa shape index (κ1) is 16.8. The van der Waals surface area contributed by atoms with Crippen LogP contribution in [-0.4, -0.2) is 35.6 Å². The molecule has 23 heavy (non-hydrogen) atoms. The third kappa shape index (κ3) is 5.29. The van der Waals surface area contributed by atoms with Gasteiger partial charge in [0.1, 0.15) is 12.5 Å². The number of carbonyl (C=O) groups is 1. The number of hydrogen-bond donors (Lipinski definition) is 1. The monoisotopic (exact) mass is 329 g/mol. The number of aromatic nitrogens is 2. The molecule has 9 heteroatoms. The topological polar surface area (TPSA) is 65.4 Å². The van der Waals surface area contributed by atoms with Crippen LogP contribution >= 0.6 is 0 Å². The molecule has 0 spiro atoms. The third-order valence-electron chi connectivity index (χ3n) is 2.65. The van der Waals surface area contributed by atoms with E-state index >= 15 is 0 Å². The molecule has 124 valence electrons. The molecule has 1 aromatic heterocycles. The molecule has 0 fully saturated rings. The highest BCUT2D eigenvalue weighted by Gasteiger charge is 2.28. The fraction of sp³-hybridized carbons (Fsp3) is 0.286. The number of anilines is 1. The Labute approximate surface area is 129 Å². The van der Waals surface area contributed by atoms with Crippen molar-refractivity contribution in [2.45, 2.75) is 12.9 Å². The van der Waals surface area contributed by atoms with Gasteiger partial charge in [0, 0.05) is 12.7 Å². The molecule has 0 bridgehead atoms. The highest BCUT2D eigenvalue weighted by molar-refractivity contribution is 6.04. The average Bonchev–Trinajstić information content (AvgIpc) is 2.92. The van der Waals surface area contributed by atoms with E-state index in [1.807, 2.05) is 0 Å². The lowest BCUT2D eigenvalue weighted by atomic mass is 10.2. The predicted octanol–water partition coefficient (Wildman–Crippen LogP) is 2.68. The summed E-state index contributed by atoms with van der Waals surface area (Å²) in [6.45, 7) is -1.18. The lowest BCUT2D eigenvalue weighted by Gasteiger charge is -2.10. The van der Waals surface area contributed by atoms with Gasteiger partial charge in [0.2, 0.25) is 0 Å². The van der Waals surface area contributed by atoms with Crippen LogP contribution in [0.1, 0.15) is 10.4 Å². The number of ether oxygens (including phenoxy) is 2. The molecule has 0 radical (unpaired) electrons. The van der Waals surface area contributed by atoms with Crippen molar-refractivity contribution in [2.24, 2.45) is 0 Å². The van der Waals surface area contributed by atoms with Crippen LogP contribution in [0.3, 0.4) is 0 Å². The largest absolute Gasteiger partial charge is 0.484 e. The number of alkyl halides is 3. The van der Waals surface area contributed by atoms with Crippen molar-refractivity contribution in [1.82, 2.24) is 9.78 Å². The summed E-state index contributed by atoms with van der Waals surface area (Å²) in [4.78, 5) is 12.1. The molecular weight excluding hydrogens is 315 g/mol. The summed E-state index contributed by atoms with van der Waals surface area (Å²) >= 11 is 0. The number of methoxy groups -OCH3 is 1. The molecule has 0 aliphatic heterocycles. The van der Waals surface area contributed by atoms with Crippen LogP contribution in [0.2, 0.25) is 0 Å². The molecule has 6 nitrogen and oxygen atoms in total. The standard InChI is InChI=1S/C14H14F3N3O3/c1-22-9-20-7-11(6-18-20)19-13(21)10-3-2-4-12(5-10)23-8-14(15,16)17/h2-7H,8-9H2,1H3,(H,19,21). The minimum Gasteiger partial charge on any atom is -0.484 e. The molecule has 0 aliphatic rings. The summed E-state index contributed by atoms with van der Waals surface area (Å²) in [5, 5.41) is 6.53. The molecule has 1 amide bonds. The van der Waals surface area contributed by atoms with Crippen LogP contribution in [0.25, 0.3) is 0 Å². The van der Waals surface area contributed by atoms with Crippen LogP contribution < -0.4 is 10.1 Å². The van der Waals surface area contributed by atoms with Gasteiger partial charge in [-0.2, -0.15) is 18.3 Å². The minimum atomic E-state index is -4.44. The summed E-state index contributed by atoms with van der Waals surface area (Å²) in [5.74, 6) is -0.524. The van der Waals surface area contributed by atoms with Crippen molar-refractivity contribution < 1.29 is 27.4 Å².